The van der Waals surface area contributed by atoms with Crippen LogP contribution in [-0.4, -0.2) is 29.2 Å². The maximum Gasteiger partial charge on any atom is 0.344 e. The average Bonchev–Trinajstić information content (AvgIpc) is 2.92. The van der Waals surface area contributed by atoms with Crippen molar-refractivity contribution in [2.24, 2.45) is 5.41 Å². The zero-order valence-corrected chi connectivity index (χ0v) is 16.9. The van der Waals surface area contributed by atoms with Crippen molar-refractivity contribution in [2.75, 3.05) is 6.61 Å². The molecular weight excluding hydrogens is 344 g/mol. The first-order valence-corrected chi connectivity index (χ1v) is 8.98. The summed E-state index contributed by atoms with van der Waals surface area (Å²) >= 11 is 0. The van der Waals surface area contributed by atoms with Crippen LogP contribution in [0.5, 0.6) is 0 Å². The highest BCUT2D eigenvalue weighted by Gasteiger charge is 2.28. The van der Waals surface area contributed by atoms with Gasteiger partial charge in [0.25, 0.3) is 5.91 Å². The summed E-state index contributed by atoms with van der Waals surface area (Å²) in [6, 6.07) is 9.22. The lowest BCUT2D eigenvalue weighted by Gasteiger charge is -2.33. The number of amides is 1. The maximum absolute atomic E-state index is 12.5. The van der Waals surface area contributed by atoms with Gasteiger partial charge in [-0.3, -0.25) is 4.79 Å². The van der Waals surface area contributed by atoms with Crippen LogP contribution in [0, 0.1) is 12.3 Å². The van der Waals surface area contributed by atoms with Gasteiger partial charge in [-0.25, -0.2) is 4.79 Å². The lowest BCUT2D eigenvalue weighted by Crippen LogP contribution is -2.47. The van der Waals surface area contributed by atoms with Crippen LogP contribution in [0.15, 0.2) is 34.9 Å². The molecule has 1 heterocycles. The molecule has 0 aliphatic heterocycles. The summed E-state index contributed by atoms with van der Waals surface area (Å²) in [5.41, 5.74) is 1.06. The molecule has 0 bridgehead atoms. The summed E-state index contributed by atoms with van der Waals surface area (Å²) in [7, 11) is 0. The Hall–Kier alpha value is -2.63. The Morgan fingerprint density at radius 1 is 1.11 bits per heavy atom. The van der Waals surface area contributed by atoms with Crippen LogP contribution in [0.2, 0.25) is 0 Å². The Kier molecular flexibility index (Phi) is 6.08. The fourth-order valence-electron chi connectivity index (χ4n) is 3.39. The Labute approximate surface area is 160 Å². The molecule has 0 saturated carbocycles. The molecule has 1 N–H and O–H groups in total. The lowest BCUT2D eigenvalue weighted by atomic mass is 9.82. The largest absolute Gasteiger partial charge is 0.452 e. The molecule has 1 aromatic carbocycles. The van der Waals surface area contributed by atoms with Gasteiger partial charge in [-0.15, -0.1) is 0 Å². The van der Waals surface area contributed by atoms with Gasteiger partial charge in [0.1, 0.15) is 17.0 Å². The van der Waals surface area contributed by atoms with Crippen LogP contribution in [0.3, 0.4) is 0 Å². The fraction of sp³-hybridized carbons (Fsp3) is 0.476. The van der Waals surface area contributed by atoms with Crippen LogP contribution in [0.1, 0.15) is 57.2 Å². The number of hydrogen-bond donors (Lipinski definition) is 1. The molecule has 27 heavy (non-hydrogen) atoms. The molecule has 6 nitrogen and oxygen atoms in total. The lowest BCUT2D eigenvalue weighted by molar-refractivity contribution is -0.126. The number of nitrogens with one attached hydrogen (secondary N) is 1. The summed E-state index contributed by atoms with van der Waals surface area (Å²) < 4.78 is 10.4. The van der Waals surface area contributed by atoms with Gasteiger partial charge in [0, 0.05) is 11.1 Å². The first kappa shape index (κ1) is 20.7. The van der Waals surface area contributed by atoms with Crippen molar-refractivity contribution in [3.8, 4) is 11.3 Å². The Bertz CT molecular complexity index is 801. The van der Waals surface area contributed by atoms with Crippen molar-refractivity contribution in [3.05, 3.63) is 41.7 Å². The van der Waals surface area contributed by atoms with Gasteiger partial charge in [-0.2, -0.15) is 0 Å². The zero-order chi connectivity index (χ0) is 20.2. The molecule has 146 valence electrons. The van der Waals surface area contributed by atoms with Crippen molar-refractivity contribution in [3.63, 3.8) is 0 Å². The van der Waals surface area contributed by atoms with Gasteiger partial charge in [0.15, 0.2) is 6.61 Å². The third-order valence-corrected chi connectivity index (χ3v) is 3.90. The van der Waals surface area contributed by atoms with E-state index in [1.54, 1.807) is 6.92 Å². The summed E-state index contributed by atoms with van der Waals surface area (Å²) in [4.78, 5) is 24.7. The molecule has 2 aromatic rings. The molecule has 0 spiro atoms. The van der Waals surface area contributed by atoms with Crippen molar-refractivity contribution < 1.29 is 18.8 Å². The topological polar surface area (TPSA) is 81.4 Å². The van der Waals surface area contributed by atoms with Gasteiger partial charge in [0.05, 0.1) is 0 Å². The van der Waals surface area contributed by atoms with E-state index >= 15 is 0 Å². The van der Waals surface area contributed by atoms with Gasteiger partial charge in [0.2, 0.25) is 0 Å². The van der Waals surface area contributed by atoms with E-state index in [1.165, 1.54) is 0 Å². The van der Waals surface area contributed by atoms with E-state index in [2.05, 4.69) is 31.2 Å². The highest BCUT2D eigenvalue weighted by atomic mass is 16.5. The first-order chi connectivity index (χ1) is 12.5. The van der Waals surface area contributed by atoms with Crippen LogP contribution in [0.25, 0.3) is 11.3 Å². The number of ether oxygens (including phenoxy) is 1. The van der Waals surface area contributed by atoms with Gasteiger partial charge < -0.3 is 14.6 Å². The van der Waals surface area contributed by atoms with E-state index in [1.807, 2.05) is 44.2 Å². The minimum absolute atomic E-state index is 0.0671. The monoisotopic (exact) mass is 372 g/mol. The molecule has 0 aliphatic rings. The quantitative estimate of drug-likeness (QED) is 0.771. The fourth-order valence-corrected chi connectivity index (χ4v) is 3.39. The molecule has 1 aromatic heterocycles. The van der Waals surface area contributed by atoms with Gasteiger partial charge in [-0.1, -0.05) is 56.3 Å². The Morgan fingerprint density at radius 3 is 2.33 bits per heavy atom. The molecule has 0 unspecified atom stereocenters. The molecule has 0 aliphatic carbocycles. The predicted octanol–water partition coefficient (Wildman–Crippen LogP) is 4.14. The second-order valence-electron chi connectivity index (χ2n) is 8.57. The van der Waals surface area contributed by atoms with E-state index in [0.29, 0.717) is 11.5 Å². The normalized spacial score (nSPS) is 11.9. The zero-order valence-electron chi connectivity index (χ0n) is 16.9. The van der Waals surface area contributed by atoms with E-state index in [9.17, 15) is 9.59 Å². The highest BCUT2D eigenvalue weighted by molar-refractivity contribution is 5.98. The molecule has 2 rings (SSSR count). The van der Waals surface area contributed by atoms with Crippen LogP contribution in [-0.2, 0) is 9.53 Å². The third-order valence-electron chi connectivity index (χ3n) is 3.90. The third kappa shape index (κ3) is 5.94. The standard InChI is InChI=1S/C21H28N2O4/c1-14-17(18(23-27-14)15-10-8-7-9-11-15)19(25)26-12-16(24)22-21(5,6)13-20(2,3)4/h7-11H,12-13H2,1-6H3,(H,22,24). The number of rotatable bonds is 6. The number of hydrogen-bond acceptors (Lipinski definition) is 5. The molecule has 6 heteroatoms. The maximum atomic E-state index is 12.5. The summed E-state index contributed by atoms with van der Waals surface area (Å²) in [5, 5.41) is 6.88. The molecule has 0 atom stereocenters. The van der Waals surface area contributed by atoms with Crippen molar-refractivity contribution in [2.45, 2.75) is 53.5 Å². The van der Waals surface area contributed by atoms with Crippen LogP contribution < -0.4 is 5.32 Å². The van der Waals surface area contributed by atoms with E-state index in [4.69, 9.17) is 9.26 Å². The van der Waals surface area contributed by atoms with Crippen molar-refractivity contribution in [1.29, 1.82) is 0 Å². The van der Waals surface area contributed by atoms with Gasteiger partial charge >= 0.3 is 5.97 Å². The van der Waals surface area contributed by atoms with Crippen LogP contribution >= 0.6 is 0 Å². The SMILES string of the molecule is Cc1onc(-c2ccccc2)c1C(=O)OCC(=O)NC(C)(C)CC(C)(C)C. The van der Waals surface area contributed by atoms with Crippen molar-refractivity contribution in [1.82, 2.24) is 10.5 Å². The summed E-state index contributed by atoms with van der Waals surface area (Å²) in [5.74, 6) is -0.614. The second kappa shape index (κ2) is 7.94. The number of carbonyl (C=O) groups is 2. The smallest absolute Gasteiger partial charge is 0.344 e. The molecule has 0 saturated heterocycles. The number of benzene rings is 1. The predicted molar refractivity (Wildman–Crippen MR) is 103 cm³/mol. The van der Waals surface area contributed by atoms with Gasteiger partial charge in [-0.05, 0) is 32.6 Å². The molecule has 0 fully saturated rings. The summed E-state index contributed by atoms with van der Waals surface area (Å²) in [6.07, 6.45) is 0.794. The minimum Gasteiger partial charge on any atom is -0.452 e. The molecule has 1 amide bonds. The number of esters is 1. The average molecular weight is 372 g/mol. The first-order valence-electron chi connectivity index (χ1n) is 8.98. The number of aryl methyl sites for hydroxylation is 1. The highest BCUT2D eigenvalue weighted by Crippen LogP contribution is 2.27. The molecule has 0 radical (unpaired) electrons. The Morgan fingerprint density at radius 2 is 1.74 bits per heavy atom. The Balaban J connectivity index is 2.03. The van der Waals surface area contributed by atoms with Crippen molar-refractivity contribution >= 4 is 11.9 Å². The van der Waals surface area contributed by atoms with E-state index in [-0.39, 0.29) is 23.5 Å². The summed E-state index contributed by atoms with van der Waals surface area (Å²) in [6.45, 7) is 11.5. The van der Waals surface area contributed by atoms with E-state index < -0.39 is 11.5 Å². The van der Waals surface area contributed by atoms with E-state index in [0.717, 1.165) is 12.0 Å². The molecular formula is C21H28N2O4. The minimum atomic E-state index is -0.628. The number of nitrogens with zero attached hydrogens (tertiary/aromatic N) is 1. The number of aromatic nitrogens is 1. The number of carbonyl (C=O) groups excluding carboxylic acids is 2. The second-order valence-corrected chi connectivity index (χ2v) is 8.57. The van der Waals surface area contributed by atoms with Crippen LogP contribution in [0.4, 0.5) is 0 Å².